The molecule has 0 aromatic heterocycles. The van der Waals surface area contributed by atoms with Gasteiger partial charge in [0.05, 0.1) is 22.7 Å². The molecule has 1 heterocycles. The summed E-state index contributed by atoms with van der Waals surface area (Å²) in [5.74, 6) is 0.461. The highest BCUT2D eigenvalue weighted by Crippen LogP contribution is 2.39. The fraction of sp³-hybridized carbons (Fsp3) is 0.136. The lowest BCUT2D eigenvalue weighted by atomic mass is 10.0. The van der Waals surface area contributed by atoms with Crippen LogP contribution in [0.4, 0.5) is 17.1 Å². The zero-order chi connectivity index (χ0) is 20.4. The van der Waals surface area contributed by atoms with Gasteiger partial charge >= 0.3 is 0 Å². The van der Waals surface area contributed by atoms with Gasteiger partial charge in [-0.15, -0.1) is 0 Å². The van der Waals surface area contributed by atoms with Gasteiger partial charge in [-0.1, -0.05) is 24.3 Å². The molecule has 0 spiro atoms. The van der Waals surface area contributed by atoms with Crippen molar-refractivity contribution in [2.75, 3.05) is 16.8 Å². The Morgan fingerprint density at radius 3 is 2.45 bits per heavy atom. The number of rotatable bonds is 5. The SMILES string of the molecule is CCOc1ccc(N2C(=O)c3ccccc3N[C@H]2c2ccccc2[N+](=O)[O-])cc1. The molecule has 0 saturated carbocycles. The van der Waals surface area contributed by atoms with Crippen molar-refractivity contribution in [2.24, 2.45) is 0 Å². The summed E-state index contributed by atoms with van der Waals surface area (Å²) >= 11 is 0. The smallest absolute Gasteiger partial charge is 0.276 e. The molecule has 0 unspecified atom stereocenters. The molecule has 0 radical (unpaired) electrons. The molecule has 3 aromatic carbocycles. The molecule has 0 saturated heterocycles. The van der Waals surface area contributed by atoms with E-state index in [9.17, 15) is 14.9 Å². The van der Waals surface area contributed by atoms with Crippen molar-refractivity contribution >= 4 is 23.0 Å². The molecule has 29 heavy (non-hydrogen) atoms. The van der Waals surface area contributed by atoms with Gasteiger partial charge in [0.25, 0.3) is 11.6 Å². The second-order valence-electron chi connectivity index (χ2n) is 6.51. The molecule has 4 rings (SSSR count). The van der Waals surface area contributed by atoms with Crippen molar-refractivity contribution in [3.05, 3.63) is 94.0 Å². The lowest BCUT2D eigenvalue weighted by Crippen LogP contribution is -2.43. The fourth-order valence-electron chi connectivity index (χ4n) is 3.49. The number of ether oxygens (including phenoxy) is 1. The van der Waals surface area contributed by atoms with E-state index in [2.05, 4.69) is 5.32 Å². The lowest BCUT2D eigenvalue weighted by molar-refractivity contribution is -0.385. The van der Waals surface area contributed by atoms with Crippen molar-refractivity contribution in [3.63, 3.8) is 0 Å². The van der Waals surface area contributed by atoms with Crippen LogP contribution >= 0.6 is 0 Å². The van der Waals surface area contributed by atoms with E-state index in [0.29, 0.717) is 34.9 Å². The summed E-state index contributed by atoms with van der Waals surface area (Å²) in [6.07, 6.45) is -0.725. The Balaban J connectivity index is 1.85. The average molecular weight is 389 g/mol. The van der Waals surface area contributed by atoms with Crippen LogP contribution < -0.4 is 15.0 Å². The number of nitro groups is 1. The zero-order valence-electron chi connectivity index (χ0n) is 15.7. The lowest BCUT2D eigenvalue weighted by Gasteiger charge is -2.37. The largest absolute Gasteiger partial charge is 0.494 e. The minimum Gasteiger partial charge on any atom is -0.494 e. The molecule has 1 aliphatic rings. The summed E-state index contributed by atoms with van der Waals surface area (Å²) in [6.45, 7) is 2.43. The molecule has 0 fully saturated rings. The Hall–Kier alpha value is -3.87. The maximum Gasteiger partial charge on any atom is 0.276 e. The maximum atomic E-state index is 13.4. The highest BCUT2D eigenvalue weighted by molar-refractivity contribution is 6.12. The van der Waals surface area contributed by atoms with E-state index in [1.165, 1.54) is 6.07 Å². The molecular formula is C22H19N3O4. The average Bonchev–Trinajstić information content (AvgIpc) is 2.75. The van der Waals surface area contributed by atoms with Gasteiger partial charge in [-0.2, -0.15) is 0 Å². The second-order valence-corrected chi connectivity index (χ2v) is 6.51. The number of nitrogens with one attached hydrogen (secondary N) is 1. The van der Waals surface area contributed by atoms with Gasteiger partial charge in [0, 0.05) is 17.4 Å². The summed E-state index contributed by atoms with van der Waals surface area (Å²) in [6, 6.07) is 20.7. The predicted molar refractivity (Wildman–Crippen MR) is 110 cm³/mol. The van der Waals surface area contributed by atoms with Crippen LogP contribution in [0.1, 0.15) is 29.0 Å². The van der Waals surface area contributed by atoms with E-state index >= 15 is 0 Å². The molecule has 1 amide bonds. The van der Waals surface area contributed by atoms with E-state index in [4.69, 9.17) is 4.74 Å². The van der Waals surface area contributed by atoms with Crippen LogP contribution in [0.2, 0.25) is 0 Å². The van der Waals surface area contributed by atoms with E-state index in [1.807, 2.05) is 13.0 Å². The number of fused-ring (bicyclic) bond motifs is 1. The quantitative estimate of drug-likeness (QED) is 0.502. The fourth-order valence-corrected chi connectivity index (χ4v) is 3.49. The first kappa shape index (κ1) is 18.5. The van der Waals surface area contributed by atoms with Crippen LogP contribution in [0.15, 0.2) is 72.8 Å². The van der Waals surface area contributed by atoms with Crippen LogP contribution in [-0.2, 0) is 0 Å². The van der Waals surface area contributed by atoms with Gasteiger partial charge in [0.1, 0.15) is 11.9 Å². The third kappa shape index (κ3) is 3.38. The number of hydrogen-bond donors (Lipinski definition) is 1. The first-order valence-electron chi connectivity index (χ1n) is 9.25. The monoisotopic (exact) mass is 389 g/mol. The Morgan fingerprint density at radius 1 is 1.03 bits per heavy atom. The number of para-hydroxylation sites is 2. The van der Waals surface area contributed by atoms with Crippen molar-refractivity contribution in [1.29, 1.82) is 0 Å². The van der Waals surface area contributed by atoms with Crippen molar-refractivity contribution in [1.82, 2.24) is 0 Å². The standard InChI is InChI=1S/C22H19N3O4/c1-2-29-16-13-11-15(12-14-16)24-21(18-8-4-6-10-20(18)25(27)28)23-19-9-5-3-7-17(19)22(24)26/h3-14,21,23H,2H2,1H3/t21-/m1/s1. The molecule has 7 nitrogen and oxygen atoms in total. The number of nitro benzene ring substituents is 1. The third-order valence-electron chi connectivity index (χ3n) is 4.78. The number of hydrogen-bond acceptors (Lipinski definition) is 5. The molecule has 1 aliphatic heterocycles. The molecule has 0 bridgehead atoms. The van der Waals surface area contributed by atoms with Gasteiger partial charge in [-0.3, -0.25) is 19.8 Å². The Kier molecular flexibility index (Phi) is 4.87. The first-order chi connectivity index (χ1) is 14.1. The van der Waals surface area contributed by atoms with Gasteiger partial charge in [0.2, 0.25) is 0 Å². The second kappa shape index (κ2) is 7.63. The van der Waals surface area contributed by atoms with Gasteiger partial charge in [-0.05, 0) is 49.4 Å². The molecular weight excluding hydrogens is 370 g/mol. The third-order valence-corrected chi connectivity index (χ3v) is 4.78. The minimum atomic E-state index is -0.725. The summed E-state index contributed by atoms with van der Waals surface area (Å²) < 4.78 is 5.48. The molecule has 146 valence electrons. The number of amides is 1. The van der Waals surface area contributed by atoms with Crippen molar-refractivity contribution in [3.8, 4) is 5.75 Å². The van der Waals surface area contributed by atoms with E-state index in [-0.39, 0.29) is 11.6 Å². The normalized spacial score (nSPS) is 15.4. The van der Waals surface area contributed by atoms with Gasteiger partial charge in [-0.25, -0.2) is 0 Å². The number of carbonyl (C=O) groups excluding carboxylic acids is 1. The molecule has 0 aliphatic carbocycles. The highest BCUT2D eigenvalue weighted by Gasteiger charge is 2.37. The molecule has 1 atom stereocenters. The van der Waals surface area contributed by atoms with Crippen LogP contribution in [-0.4, -0.2) is 17.4 Å². The number of nitrogens with zero attached hydrogens (tertiary/aromatic N) is 2. The zero-order valence-corrected chi connectivity index (χ0v) is 15.7. The van der Waals surface area contributed by atoms with Crippen LogP contribution in [0.25, 0.3) is 0 Å². The first-order valence-corrected chi connectivity index (χ1v) is 9.25. The van der Waals surface area contributed by atoms with Crippen molar-refractivity contribution < 1.29 is 14.5 Å². The molecule has 1 N–H and O–H groups in total. The summed E-state index contributed by atoms with van der Waals surface area (Å²) in [5, 5.41) is 14.9. The molecule has 3 aromatic rings. The van der Waals surface area contributed by atoms with E-state index in [0.717, 1.165) is 0 Å². The van der Waals surface area contributed by atoms with Crippen LogP contribution in [0.3, 0.4) is 0 Å². The van der Waals surface area contributed by atoms with E-state index < -0.39 is 11.1 Å². The van der Waals surface area contributed by atoms with Crippen LogP contribution in [0, 0.1) is 10.1 Å². The minimum absolute atomic E-state index is 0.0480. The highest BCUT2D eigenvalue weighted by atomic mass is 16.6. The summed E-state index contributed by atoms with van der Waals surface area (Å²) in [7, 11) is 0. The van der Waals surface area contributed by atoms with Crippen molar-refractivity contribution in [2.45, 2.75) is 13.1 Å². The predicted octanol–water partition coefficient (Wildman–Crippen LogP) is 4.76. The van der Waals surface area contributed by atoms with Gasteiger partial charge in [0.15, 0.2) is 0 Å². The number of anilines is 2. The van der Waals surface area contributed by atoms with E-state index in [1.54, 1.807) is 65.6 Å². The number of benzene rings is 3. The van der Waals surface area contributed by atoms with Crippen LogP contribution in [0.5, 0.6) is 5.75 Å². The Bertz CT molecular complexity index is 1070. The maximum absolute atomic E-state index is 13.4. The summed E-state index contributed by atoms with van der Waals surface area (Å²) in [5.41, 5.74) is 2.13. The molecule has 7 heteroatoms. The number of carbonyl (C=O) groups is 1. The van der Waals surface area contributed by atoms with Gasteiger partial charge < -0.3 is 10.1 Å². The Labute approximate surface area is 167 Å². The topological polar surface area (TPSA) is 84.7 Å². The summed E-state index contributed by atoms with van der Waals surface area (Å²) in [4.78, 5) is 26.1. The Morgan fingerprint density at radius 2 is 1.72 bits per heavy atom.